The van der Waals surface area contributed by atoms with E-state index in [-0.39, 0.29) is 10.9 Å². The average molecular weight is 362 g/mol. The molecule has 1 aliphatic heterocycles. The average Bonchev–Trinajstić information content (AvgIpc) is 2.78. The smallest absolute Gasteiger partial charge is 0.244 e. The minimum Gasteiger partial charge on any atom is -0.399 e. The van der Waals surface area contributed by atoms with E-state index in [1.807, 2.05) is 7.05 Å². The Hall–Kier alpha value is -0.630. The molecule has 2 N–H and O–H groups in total. The maximum absolute atomic E-state index is 12.6. The van der Waals surface area contributed by atoms with Crippen LogP contribution in [0, 0.1) is 0 Å². The third kappa shape index (κ3) is 3.16. The van der Waals surface area contributed by atoms with Gasteiger partial charge in [0.1, 0.15) is 0 Å². The molecule has 1 aromatic carbocycles. The van der Waals surface area contributed by atoms with E-state index >= 15 is 0 Å². The van der Waals surface area contributed by atoms with Gasteiger partial charge in [-0.3, -0.25) is 0 Å². The first-order valence-electron chi connectivity index (χ1n) is 6.54. The Kier molecular flexibility index (Phi) is 4.73. The number of hydrogen-bond acceptors (Lipinski definition) is 4. The molecule has 112 valence electrons. The van der Waals surface area contributed by atoms with E-state index in [2.05, 4.69) is 20.8 Å². The SMILES string of the molecule is CN1CCCC1CN(C)S(=O)(=O)c1cc(N)ccc1Br. The maximum atomic E-state index is 12.6. The number of nitrogens with two attached hydrogens (primary N) is 1. The number of nitrogens with zero attached hydrogens (tertiary/aromatic N) is 2. The van der Waals surface area contributed by atoms with Gasteiger partial charge in [0.05, 0.1) is 4.90 Å². The monoisotopic (exact) mass is 361 g/mol. The number of anilines is 1. The largest absolute Gasteiger partial charge is 0.399 e. The second-order valence-electron chi connectivity index (χ2n) is 5.25. The van der Waals surface area contributed by atoms with Crippen molar-refractivity contribution in [2.24, 2.45) is 0 Å². The van der Waals surface area contributed by atoms with Gasteiger partial charge < -0.3 is 10.6 Å². The highest BCUT2D eigenvalue weighted by atomic mass is 79.9. The zero-order valence-electron chi connectivity index (χ0n) is 11.7. The molecule has 0 spiro atoms. The molecule has 1 fully saturated rings. The van der Waals surface area contributed by atoms with E-state index in [9.17, 15) is 8.42 Å². The van der Waals surface area contributed by atoms with Crippen molar-refractivity contribution in [3.05, 3.63) is 22.7 Å². The van der Waals surface area contributed by atoms with Gasteiger partial charge in [0, 0.05) is 29.8 Å². The molecule has 0 amide bonds. The highest BCUT2D eigenvalue weighted by Gasteiger charge is 2.29. The number of likely N-dealkylation sites (N-methyl/N-ethyl adjacent to an activating group) is 2. The van der Waals surface area contributed by atoms with Crippen LogP contribution in [0.25, 0.3) is 0 Å². The van der Waals surface area contributed by atoms with Crippen molar-refractivity contribution >= 4 is 31.6 Å². The molecule has 0 radical (unpaired) electrons. The summed E-state index contributed by atoms with van der Waals surface area (Å²) in [6.45, 7) is 1.53. The van der Waals surface area contributed by atoms with Gasteiger partial charge in [-0.2, -0.15) is 4.31 Å². The second kappa shape index (κ2) is 6.01. The predicted octanol–water partition coefficient (Wildman–Crippen LogP) is 1.75. The fraction of sp³-hybridized carbons (Fsp3) is 0.538. The van der Waals surface area contributed by atoms with E-state index in [4.69, 9.17) is 5.73 Å². The van der Waals surface area contributed by atoms with Crippen molar-refractivity contribution in [2.45, 2.75) is 23.8 Å². The number of nitrogen functional groups attached to an aromatic ring is 1. The summed E-state index contributed by atoms with van der Waals surface area (Å²) in [6, 6.07) is 5.12. The van der Waals surface area contributed by atoms with Crippen LogP contribution in [0.4, 0.5) is 5.69 Å². The molecule has 0 saturated carbocycles. The lowest BCUT2D eigenvalue weighted by atomic mass is 10.2. The summed E-state index contributed by atoms with van der Waals surface area (Å²) in [5.41, 5.74) is 6.14. The van der Waals surface area contributed by atoms with Crippen LogP contribution >= 0.6 is 15.9 Å². The van der Waals surface area contributed by atoms with Crippen LogP contribution in [0.15, 0.2) is 27.6 Å². The van der Waals surface area contributed by atoms with E-state index in [0.717, 1.165) is 19.4 Å². The number of halogens is 1. The lowest BCUT2D eigenvalue weighted by Crippen LogP contribution is -2.39. The molecular weight excluding hydrogens is 342 g/mol. The standard InChI is InChI=1S/C13H20BrN3O2S/c1-16-7-3-4-11(16)9-17(2)20(18,19)13-8-10(15)5-6-12(13)14/h5-6,8,11H,3-4,7,9,15H2,1-2H3. The number of hydrogen-bond donors (Lipinski definition) is 1. The number of benzene rings is 1. The third-order valence-electron chi connectivity index (χ3n) is 3.78. The van der Waals surface area contributed by atoms with E-state index < -0.39 is 10.0 Å². The summed E-state index contributed by atoms with van der Waals surface area (Å²) in [7, 11) is 0.135. The molecule has 20 heavy (non-hydrogen) atoms. The minimum absolute atomic E-state index is 0.223. The van der Waals surface area contributed by atoms with Gasteiger partial charge >= 0.3 is 0 Å². The van der Waals surface area contributed by atoms with E-state index in [1.54, 1.807) is 19.2 Å². The minimum atomic E-state index is -3.52. The molecule has 1 aromatic rings. The first-order chi connectivity index (χ1) is 9.32. The Balaban J connectivity index is 2.23. The molecule has 1 saturated heterocycles. The second-order valence-corrected chi connectivity index (χ2v) is 8.12. The highest BCUT2D eigenvalue weighted by Crippen LogP contribution is 2.27. The number of sulfonamides is 1. The molecule has 1 unspecified atom stereocenters. The van der Waals surface area contributed by atoms with Crippen LogP contribution < -0.4 is 5.73 Å². The number of likely N-dealkylation sites (tertiary alicyclic amines) is 1. The molecule has 7 heteroatoms. The summed E-state index contributed by atoms with van der Waals surface area (Å²) < 4.78 is 27.2. The van der Waals surface area contributed by atoms with Gasteiger partial charge in [0.25, 0.3) is 0 Å². The van der Waals surface area contributed by atoms with Crippen molar-refractivity contribution in [2.75, 3.05) is 32.9 Å². The Bertz CT molecular complexity index is 591. The Labute approximate surface area is 128 Å². The van der Waals surface area contributed by atoms with Crippen LogP contribution in [0.5, 0.6) is 0 Å². The lowest BCUT2D eigenvalue weighted by molar-refractivity contribution is 0.271. The van der Waals surface area contributed by atoms with Crippen LogP contribution in [-0.4, -0.2) is 50.8 Å². The van der Waals surface area contributed by atoms with Crippen molar-refractivity contribution in [3.63, 3.8) is 0 Å². The van der Waals surface area contributed by atoms with Gasteiger partial charge in [0.2, 0.25) is 10.0 Å². The van der Waals surface area contributed by atoms with Crippen molar-refractivity contribution in [3.8, 4) is 0 Å². The van der Waals surface area contributed by atoms with E-state index in [0.29, 0.717) is 16.7 Å². The molecule has 0 aromatic heterocycles. The molecule has 5 nitrogen and oxygen atoms in total. The third-order valence-corrected chi connectivity index (χ3v) is 6.60. The van der Waals surface area contributed by atoms with Crippen LogP contribution in [0.1, 0.15) is 12.8 Å². The Morgan fingerprint density at radius 3 is 2.80 bits per heavy atom. The highest BCUT2D eigenvalue weighted by molar-refractivity contribution is 9.10. The van der Waals surface area contributed by atoms with Crippen molar-refractivity contribution in [1.82, 2.24) is 9.21 Å². The summed E-state index contributed by atoms with van der Waals surface area (Å²) in [5, 5.41) is 0. The normalized spacial score (nSPS) is 20.7. The van der Waals surface area contributed by atoms with Crippen molar-refractivity contribution < 1.29 is 8.42 Å². The number of rotatable bonds is 4. The maximum Gasteiger partial charge on any atom is 0.244 e. The van der Waals surface area contributed by atoms with Gasteiger partial charge in [-0.1, -0.05) is 0 Å². The Morgan fingerprint density at radius 1 is 1.50 bits per heavy atom. The quantitative estimate of drug-likeness (QED) is 0.829. The summed E-state index contributed by atoms with van der Waals surface area (Å²) in [4.78, 5) is 2.43. The van der Waals surface area contributed by atoms with Crippen LogP contribution in [-0.2, 0) is 10.0 Å². The van der Waals surface area contributed by atoms with Crippen LogP contribution in [0.2, 0.25) is 0 Å². The predicted molar refractivity (Wildman–Crippen MR) is 84.0 cm³/mol. The first-order valence-corrected chi connectivity index (χ1v) is 8.77. The lowest BCUT2D eigenvalue weighted by Gasteiger charge is -2.25. The molecule has 2 rings (SSSR count). The van der Waals surface area contributed by atoms with Gasteiger partial charge in [0.15, 0.2) is 0 Å². The first kappa shape index (κ1) is 15.8. The Morgan fingerprint density at radius 2 is 2.20 bits per heavy atom. The fourth-order valence-corrected chi connectivity index (χ4v) is 4.65. The molecule has 1 heterocycles. The van der Waals surface area contributed by atoms with Gasteiger partial charge in [-0.25, -0.2) is 8.42 Å². The van der Waals surface area contributed by atoms with Crippen molar-refractivity contribution in [1.29, 1.82) is 0 Å². The molecule has 1 aliphatic rings. The topological polar surface area (TPSA) is 66.6 Å². The zero-order chi connectivity index (χ0) is 14.9. The summed E-state index contributed by atoms with van der Waals surface area (Å²) >= 11 is 3.29. The van der Waals surface area contributed by atoms with E-state index in [1.165, 1.54) is 10.4 Å². The van der Waals surface area contributed by atoms with Gasteiger partial charge in [-0.15, -0.1) is 0 Å². The summed E-state index contributed by atoms with van der Waals surface area (Å²) in [5.74, 6) is 0. The molecular formula is C13H20BrN3O2S. The molecule has 1 atom stereocenters. The van der Waals surface area contributed by atoms with Gasteiger partial charge in [-0.05, 0) is 60.6 Å². The summed E-state index contributed by atoms with van der Waals surface area (Å²) in [6.07, 6.45) is 2.16. The fourth-order valence-electron chi connectivity index (χ4n) is 2.49. The zero-order valence-corrected chi connectivity index (χ0v) is 14.1. The molecule has 0 bridgehead atoms. The van der Waals surface area contributed by atoms with Crippen LogP contribution in [0.3, 0.4) is 0 Å². The molecule has 0 aliphatic carbocycles.